The van der Waals surface area contributed by atoms with Gasteiger partial charge in [0.25, 0.3) is 5.91 Å². The number of carbonyl (C=O) groups is 1. The van der Waals surface area contributed by atoms with Gasteiger partial charge in [0.15, 0.2) is 6.10 Å². The number of carbonyl (C=O) groups excluding carboxylic acids is 1. The molecule has 0 aliphatic heterocycles. The van der Waals surface area contributed by atoms with Crippen molar-refractivity contribution in [3.63, 3.8) is 0 Å². The number of aliphatic hydroxyl groups is 5. The molecule has 0 bridgehead atoms. The lowest BCUT2D eigenvalue weighted by Crippen LogP contribution is -2.52. The topological polar surface area (TPSA) is 121 Å². The smallest absolute Gasteiger partial charge is 0.254 e. The fraction of sp³-hybridized carbons (Fsp3) is 0.583. The zero-order chi connectivity index (χ0) is 15.0. The van der Waals surface area contributed by atoms with Gasteiger partial charge in [-0.05, 0) is 0 Å². The van der Waals surface area contributed by atoms with Crippen molar-refractivity contribution in [1.82, 2.24) is 4.90 Å². The van der Waals surface area contributed by atoms with Gasteiger partial charge >= 0.3 is 0 Å². The molecule has 0 rings (SSSR count). The summed E-state index contributed by atoms with van der Waals surface area (Å²) in [7, 11) is 0. The van der Waals surface area contributed by atoms with E-state index in [9.17, 15) is 20.1 Å². The molecule has 19 heavy (non-hydrogen) atoms. The Bertz CT molecular complexity index is 299. The number of amides is 1. The maximum Gasteiger partial charge on any atom is 0.254 e. The van der Waals surface area contributed by atoms with Crippen LogP contribution >= 0.6 is 0 Å². The highest BCUT2D eigenvalue weighted by atomic mass is 16.4. The monoisotopic (exact) mass is 275 g/mol. The van der Waals surface area contributed by atoms with Crippen molar-refractivity contribution in [2.75, 3.05) is 19.7 Å². The quantitative estimate of drug-likeness (QED) is 0.300. The van der Waals surface area contributed by atoms with E-state index in [1.807, 2.05) is 0 Å². The van der Waals surface area contributed by atoms with Crippen LogP contribution < -0.4 is 0 Å². The molecule has 0 unspecified atom stereocenters. The van der Waals surface area contributed by atoms with Crippen LogP contribution in [-0.4, -0.2) is 80.5 Å². The SMILES string of the molecule is C=CCN(CC=C)C(=O)[C@H](O)[C@@H](O)[C@H](O)[C@H](O)CO. The van der Waals surface area contributed by atoms with Crippen LogP contribution in [0.3, 0.4) is 0 Å². The van der Waals surface area contributed by atoms with E-state index in [-0.39, 0.29) is 13.1 Å². The van der Waals surface area contributed by atoms with Crippen LogP contribution in [0.25, 0.3) is 0 Å². The molecule has 110 valence electrons. The first-order chi connectivity index (χ1) is 8.90. The minimum absolute atomic E-state index is 0.132. The average Bonchev–Trinajstić information content (AvgIpc) is 2.42. The summed E-state index contributed by atoms with van der Waals surface area (Å²) in [5.41, 5.74) is 0. The van der Waals surface area contributed by atoms with Crippen LogP contribution in [0.15, 0.2) is 25.3 Å². The second-order valence-electron chi connectivity index (χ2n) is 4.00. The summed E-state index contributed by atoms with van der Waals surface area (Å²) in [6.07, 6.45) is -4.45. The zero-order valence-electron chi connectivity index (χ0n) is 10.6. The van der Waals surface area contributed by atoms with Crippen molar-refractivity contribution in [2.24, 2.45) is 0 Å². The highest BCUT2D eigenvalue weighted by Gasteiger charge is 2.35. The highest BCUT2D eigenvalue weighted by molar-refractivity contribution is 5.81. The molecule has 0 spiro atoms. The average molecular weight is 275 g/mol. The molecule has 0 fully saturated rings. The van der Waals surface area contributed by atoms with E-state index < -0.39 is 36.9 Å². The van der Waals surface area contributed by atoms with Crippen molar-refractivity contribution in [3.05, 3.63) is 25.3 Å². The van der Waals surface area contributed by atoms with Crippen LogP contribution in [0, 0.1) is 0 Å². The molecule has 0 aliphatic carbocycles. The molecule has 4 atom stereocenters. The molecule has 5 N–H and O–H groups in total. The molecule has 0 saturated carbocycles. The Balaban J connectivity index is 4.76. The molecule has 7 heteroatoms. The molecule has 0 saturated heterocycles. The van der Waals surface area contributed by atoms with E-state index in [4.69, 9.17) is 10.2 Å². The van der Waals surface area contributed by atoms with Gasteiger partial charge < -0.3 is 30.4 Å². The molecule has 0 aliphatic rings. The van der Waals surface area contributed by atoms with E-state index in [2.05, 4.69) is 13.2 Å². The lowest BCUT2D eigenvalue weighted by Gasteiger charge is -2.28. The predicted molar refractivity (Wildman–Crippen MR) is 68.1 cm³/mol. The molecule has 7 nitrogen and oxygen atoms in total. The lowest BCUT2D eigenvalue weighted by molar-refractivity contribution is -0.157. The molecule has 0 radical (unpaired) electrons. The third kappa shape index (κ3) is 5.09. The fourth-order valence-corrected chi connectivity index (χ4v) is 1.42. The summed E-state index contributed by atoms with van der Waals surface area (Å²) in [6, 6.07) is 0. The molecule has 0 heterocycles. The van der Waals surface area contributed by atoms with Crippen LogP contribution in [-0.2, 0) is 4.79 Å². The second kappa shape index (κ2) is 8.78. The van der Waals surface area contributed by atoms with Gasteiger partial charge in [0, 0.05) is 13.1 Å². The van der Waals surface area contributed by atoms with Crippen LogP contribution in [0.4, 0.5) is 0 Å². The Kier molecular flexibility index (Phi) is 8.21. The standard InChI is InChI=1S/C12H21NO6/c1-3-5-13(6-4-2)12(19)11(18)10(17)9(16)8(15)7-14/h3-4,8-11,14-18H,1-2,5-7H2/t8-,9-,10+,11-/m1/s1. The summed E-state index contributed by atoms with van der Waals surface area (Å²) in [6.45, 7) is 6.36. The van der Waals surface area contributed by atoms with Gasteiger partial charge in [0.05, 0.1) is 6.61 Å². The maximum atomic E-state index is 11.8. The first-order valence-electron chi connectivity index (χ1n) is 5.74. The number of rotatable bonds is 9. The van der Waals surface area contributed by atoms with Crippen LogP contribution in [0.2, 0.25) is 0 Å². The third-order valence-electron chi connectivity index (χ3n) is 2.52. The first-order valence-corrected chi connectivity index (χ1v) is 5.74. The highest BCUT2D eigenvalue weighted by Crippen LogP contribution is 2.08. The van der Waals surface area contributed by atoms with E-state index in [1.165, 1.54) is 12.2 Å². The Hall–Kier alpha value is -1.25. The van der Waals surface area contributed by atoms with E-state index in [0.717, 1.165) is 4.90 Å². The molecule has 1 amide bonds. The molecular weight excluding hydrogens is 254 g/mol. The van der Waals surface area contributed by atoms with Crippen molar-refractivity contribution in [2.45, 2.75) is 24.4 Å². The van der Waals surface area contributed by atoms with Crippen molar-refractivity contribution in [3.8, 4) is 0 Å². The number of hydrogen-bond acceptors (Lipinski definition) is 6. The summed E-state index contributed by atoms with van der Waals surface area (Å²) in [4.78, 5) is 13.0. The van der Waals surface area contributed by atoms with E-state index in [1.54, 1.807) is 0 Å². The van der Waals surface area contributed by atoms with Gasteiger partial charge in [-0.25, -0.2) is 0 Å². The van der Waals surface area contributed by atoms with Gasteiger partial charge in [-0.2, -0.15) is 0 Å². The fourth-order valence-electron chi connectivity index (χ4n) is 1.42. The largest absolute Gasteiger partial charge is 0.394 e. The Labute approximate surface area is 111 Å². The maximum absolute atomic E-state index is 11.8. The normalized spacial score (nSPS) is 17.1. The minimum atomic E-state index is -1.92. The van der Waals surface area contributed by atoms with Crippen molar-refractivity contribution in [1.29, 1.82) is 0 Å². The van der Waals surface area contributed by atoms with Crippen molar-refractivity contribution < 1.29 is 30.3 Å². The van der Waals surface area contributed by atoms with Gasteiger partial charge in [-0.15, -0.1) is 13.2 Å². The van der Waals surface area contributed by atoms with E-state index >= 15 is 0 Å². The molecule has 0 aromatic carbocycles. The summed E-state index contributed by atoms with van der Waals surface area (Å²) in [5, 5.41) is 46.4. The number of aliphatic hydroxyl groups excluding tert-OH is 5. The number of nitrogens with zero attached hydrogens (tertiary/aromatic N) is 1. The number of hydrogen-bond donors (Lipinski definition) is 5. The van der Waals surface area contributed by atoms with Crippen LogP contribution in [0.1, 0.15) is 0 Å². The Morgan fingerprint density at radius 1 is 1.05 bits per heavy atom. The van der Waals surface area contributed by atoms with E-state index in [0.29, 0.717) is 0 Å². The van der Waals surface area contributed by atoms with Crippen molar-refractivity contribution >= 4 is 5.91 Å². The zero-order valence-corrected chi connectivity index (χ0v) is 10.6. The second-order valence-corrected chi connectivity index (χ2v) is 4.00. The first kappa shape index (κ1) is 17.8. The molecule has 0 aromatic rings. The summed E-state index contributed by atoms with van der Waals surface area (Å²) in [5.74, 6) is -0.837. The summed E-state index contributed by atoms with van der Waals surface area (Å²) < 4.78 is 0. The van der Waals surface area contributed by atoms with Gasteiger partial charge in [0.2, 0.25) is 0 Å². The van der Waals surface area contributed by atoms with Gasteiger partial charge in [-0.1, -0.05) is 12.2 Å². The van der Waals surface area contributed by atoms with Gasteiger partial charge in [0.1, 0.15) is 18.3 Å². The lowest BCUT2D eigenvalue weighted by atomic mass is 10.0. The Morgan fingerprint density at radius 2 is 1.53 bits per heavy atom. The predicted octanol–water partition coefficient (Wildman–Crippen LogP) is -2.38. The molecular formula is C12H21NO6. The Morgan fingerprint density at radius 3 is 1.89 bits per heavy atom. The van der Waals surface area contributed by atoms with Gasteiger partial charge in [-0.3, -0.25) is 4.79 Å². The van der Waals surface area contributed by atoms with Crippen LogP contribution in [0.5, 0.6) is 0 Å². The minimum Gasteiger partial charge on any atom is -0.394 e. The third-order valence-corrected chi connectivity index (χ3v) is 2.52. The summed E-state index contributed by atoms with van der Waals surface area (Å²) >= 11 is 0. The molecule has 0 aromatic heterocycles.